The summed E-state index contributed by atoms with van der Waals surface area (Å²) in [4.78, 5) is 23.6. The molecule has 0 fully saturated rings. The van der Waals surface area contributed by atoms with Crippen LogP contribution in [0.1, 0.15) is 34.4 Å². The Hall–Kier alpha value is -3.28. The van der Waals surface area contributed by atoms with E-state index in [2.05, 4.69) is 5.32 Å². The van der Waals surface area contributed by atoms with Gasteiger partial charge in [-0.3, -0.25) is 4.79 Å². The quantitative estimate of drug-likeness (QED) is 0.558. The van der Waals surface area contributed by atoms with Crippen LogP contribution >= 0.6 is 0 Å². The Bertz CT molecular complexity index is 922. The molecule has 6 nitrogen and oxygen atoms in total. The molecule has 1 amide bonds. The highest BCUT2D eigenvalue weighted by Gasteiger charge is 2.18. The van der Waals surface area contributed by atoms with Crippen LogP contribution in [-0.4, -0.2) is 16.4 Å². The second-order valence-electron chi connectivity index (χ2n) is 6.05. The number of rotatable bonds is 5. The summed E-state index contributed by atoms with van der Waals surface area (Å²) in [5.41, 5.74) is 2.93. The van der Waals surface area contributed by atoms with E-state index in [0.717, 1.165) is 17.1 Å². The summed E-state index contributed by atoms with van der Waals surface area (Å²) >= 11 is 0. The third-order valence-electron chi connectivity index (χ3n) is 4.07. The highest BCUT2D eigenvalue weighted by Crippen LogP contribution is 2.21. The topological polar surface area (TPSA) is 73.5 Å². The number of furan rings is 1. The second-order valence-corrected chi connectivity index (χ2v) is 6.05. The molecule has 3 rings (SSSR count). The van der Waals surface area contributed by atoms with Crippen LogP contribution in [0.2, 0.25) is 0 Å². The number of aryl methyl sites for hydroxylation is 1. The summed E-state index contributed by atoms with van der Waals surface area (Å²) in [6.07, 6.45) is 1.63. The monoisotopic (exact) mass is 352 g/mol. The van der Waals surface area contributed by atoms with Gasteiger partial charge in [-0.1, -0.05) is 0 Å². The number of aromatic nitrogens is 1. The Morgan fingerprint density at radius 3 is 2.50 bits per heavy atom. The van der Waals surface area contributed by atoms with Crippen LogP contribution in [0, 0.1) is 13.8 Å². The normalized spacial score (nSPS) is 10.6. The largest absolute Gasteiger partial charge is 0.467 e. The van der Waals surface area contributed by atoms with Crippen LogP contribution in [0.15, 0.2) is 53.1 Å². The summed E-state index contributed by atoms with van der Waals surface area (Å²) in [6.45, 7) is 5.82. The molecule has 1 aromatic carbocycles. The third-order valence-corrected chi connectivity index (χ3v) is 4.07. The van der Waals surface area contributed by atoms with Crippen molar-refractivity contribution in [1.29, 1.82) is 0 Å². The van der Waals surface area contributed by atoms with Gasteiger partial charge >= 0.3 is 5.97 Å². The molecule has 0 saturated heterocycles. The standard InChI is InChI=1S/C20H20N2O4/c1-13-11-19(14(2)22(13)12-18-5-4-10-25-18)20(24)26-17-8-6-16(7-9-17)21-15(3)23/h4-11H,12H2,1-3H3,(H,21,23). The Balaban J connectivity index is 1.74. The molecule has 1 N–H and O–H groups in total. The number of nitrogens with zero attached hydrogens (tertiary/aromatic N) is 1. The van der Waals surface area contributed by atoms with E-state index >= 15 is 0 Å². The number of benzene rings is 1. The predicted molar refractivity (Wildman–Crippen MR) is 97.4 cm³/mol. The fraction of sp³-hybridized carbons (Fsp3) is 0.200. The molecule has 3 aromatic rings. The molecule has 0 aliphatic carbocycles. The van der Waals surface area contributed by atoms with Crippen LogP contribution in [0.3, 0.4) is 0 Å². The Labute approximate surface area is 151 Å². The summed E-state index contributed by atoms with van der Waals surface area (Å²) in [7, 11) is 0. The van der Waals surface area contributed by atoms with Crippen LogP contribution in [0.5, 0.6) is 5.75 Å². The number of carbonyl (C=O) groups excluding carboxylic acids is 2. The van der Waals surface area contributed by atoms with Crippen molar-refractivity contribution in [2.45, 2.75) is 27.3 Å². The van der Waals surface area contributed by atoms with E-state index in [9.17, 15) is 9.59 Å². The van der Waals surface area contributed by atoms with Gasteiger partial charge < -0.3 is 19.0 Å². The molecule has 0 aliphatic rings. The first-order chi connectivity index (χ1) is 12.4. The second kappa shape index (κ2) is 7.31. The van der Waals surface area contributed by atoms with Crippen molar-refractivity contribution in [3.8, 4) is 5.75 Å². The molecule has 0 bridgehead atoms. The van der Waals surface area contributed by atoms with E-state index in [0.29, 0.717) is 23.5 Å². The van der Waals surface area contributed by atoms with E-state index in [1.165, 1.54) is 6.92 Å². The number of esters is 1. The van der Waals surface area contributed by atoms with Crippen molar-refractivity contribution < 1.29 is 18.7 Å². The van der Waals surface area contributed by atoms with Gasteiger partial charge in [0.15, 0.2) is 0 Å². The van der Waals surface area contributed by atoms with Crippen molar-refractivity contribution in [2.75, 3.05) is 5.32 Å². The lowest BCUT2D eigenvalue weighted by molar-refractivity contribution is -0.114. The summed E-state index contributed by atoms with van der Waals surface area (Å²) < 4.78 is 12.9. The van der Waals surface area contributed by atoms with Gasteiger partial charge in [-0.25, -0.2) is 4.79 Å². The van der Waals surface area contributed by atoms with Crippen molar-refractivity contribution >= 4 is 17.6 Å². The molecule has 26 heavy (non-hydrogen) atoms. The SMILES string of the molecule is CC(=O)Nc1ccc(OC(=O)c2cc(C)n(Cc3ccco3)c2C)cc1. The van der Waals surface area contributed by atoms with Gasteiger partial charge in [-0.15, -0.1) is 0 Å². The fourth-order valence-corrected chi connectivity index (χ4v) is 2.78. The van der Waals surface area contributed by atoms with E-state index in [1.807, 2.05) is 36.6 Å². The van der Waals surface area contributed by atoms with Crippen molar-refractivity contribution in [2.24, 2.45) is 0 Å². The molecule has 0 atom stereocenters. The lowest BCUT2D eigenvalue weighted by Crippen LogP contribution is -2.11. The van der Waals surface area contributed by atoms with E-state index in [4.69, 9.17) is 9.15 Å². The summed E-state index contributed by atoms with van der Waals surface area (Å²) in [5, 5.41) is 2.67. The van der Waals surface area contributed by atoms with E-state index < -0.39 is 5.97 Å². The van der Waals surface area contributed by atoms with Crippen molar-refractivity contribution in [3.05, 3.63) is 71.4 Å². The third kappa shape index (κ3) is 3.85. The molecule has 6 heteroatoms. The molecule has 0 aliphatic heterocycles. The van der Waals surface area contributed by atoms with Gasteiger partial charge in [0.2, 0.25) is 5.91 Å². The van der Waals surface area contributed by atoms with Crippen LogP contribution in [0.25, 0.3) is 0 Å². The Kier molecular flexibility index (Phi) is 4.93. The maximum Gasteiger partial charge on any atom is 0.345 e. The zero-order valence-electron chi connectivity index (χ0n) is 14.9. The maximum atomic E-state index is 12.5. The minimum atomic E-state index is -0.420. The van der Waals surface area contributed by atoms with Gasteiger partial charge in [0.05, 0.1) is 18.4 Å². The minimum Gasteiger partial charge on any atom is -0.467 e. The number of hydrogen-bond donors (Lipinski definition) is 1. The first-order valence-electron chi connectivity index (χ1n) is 8.23. The van der Waals surface area contributed by atoms with Gasteiger partial charge in [-0.05, 0) is 56.3 Å². The number of ether oxygens (including phenoxy) is 1. The average Bonchev–Trinajstić information content (AvgIpc) is 3.20. The van der Waals surface area contributed by atoms with E-state index in [-0.39, 0.29) is 5.91 Å². The number of amides is 1. The molecular weight excluding hydrogens is 332 g/mol. The lowest BCUT2D eigenvalue weighted by atomic mass is 10.2. The van der Waals surface area contributed by atoms with E-state index in [1.54, 1.807) is 30.5 Å². The van der Waals surface area contributed by atoms with Crippen LogP contribution in [-0.2, 0) is 11.3 Å². The summed E-state index contributed by atoms with van der Waals surface area (Å²) in [5.74, 6) is 0.662. The predicted octanol–water partition coefficient (Wildman–Crippen LogP) is 3.92. The zero-order chi connectivity index (χ0) is 18.7. The first-order valence-corrected chi connectivity index (χ1v) is 8.23. The van der Waals surface area contributed by atoms with Gasteiger partial charge in [0.25, 0.3) is 0 Å². The molecule has 2 aromatic heterocycles. The molecule has 0 radical (unpaired) electrons. The Morgan fingerprint density at radius 1 is 1.15 bits per heavy atom. The van der Waals surface area contributed by atoms with Crippen molar-refractivity contribution in [3.63, 3.8) is 0 Å². The molecule has 0 unspecified atom stereocenters. The average molecular weight is 352 g/mol. The minimum absolute atomic E-state index is 0.154. The van der Waals surface area contributed by atoms with Gasteiger partial charge in [0.1, 0.15) is 11.5 Å². The molecule has 0 spiro atoms. The molecule has 0 saturated carbocycles. The number of hydrogen-bond acceptors (Lipinski definition) is 4. The Morgan fingerprint density at radius 2 is 1.88 bits per heavy atom. The number of nitrogens with one attached hydrogen (secondary N) is 1. The highest BCUT2D eigenvalue weighted by molar-refractivity contribution is 5.93. The zero-order valence-corrected chi connectivity index (χ0v) is 14.9. The molecule has 2 heterocycles. The highest BCUT2D eigenvalue weighted by atomic mass is 16.5. The van der Waals surface area contributed by atoms with Gasteiger partial charge in [-0.2, -0.15) is 0 Å². The maximum absolute atomic E-state index is 12.5. The summed E-state index contributed by atoms with van der Waals surface area (Å²) in [6, 6.07) is 12.2. The lowest BCUT2D eigenvalue weighted by Gasteiger charge is -2.08. The first kappa shape index (κ1) is 17.5. The van der Waals surface area contributed by atoms with Crippen LogP contribution in [0.4, 0.5) is 5.69 Å². The van der Waals surface area contributed by atoms with Gasteiger partial charge in [0, 0.05) is 24.0 Å². The molecular formula is C20H20N2O4. The number of anilines is 1. The molecule has 134 valence electrons. The van der Waals surface area contributed by atoms with Crippen LogP contribution < -0.4 is 10.1 Å². The van der Waals surface area contributed by atoms with Crippen molar-refractivity contribution in [1.82, 2.24) is 4.57 Å². The smallest absolute Gasteiger partial charge is 0.345 e. The fourth-order valence-electron chi connectivity index (χ4n) is 2.78. The number of carbonyl (C=O) groups is 2.